The Morgan fingerprint density at radius 3 is 2.54 bits per heavy atom. The second-order valence-electron chi connectivity index (χ2n) is 13.9. The highest BCUT2D eigenvalue weighted by molar-refractivity contribution is 5.88. The molecule has 0 bridgehead atoms. The van der Waals surface area contributed by atoms with Gasteiger partial charge in [-0.15, -0.1) is 0 Å². The fraction of sp³-hybridized carbons (Fsp3) is 0.545. The van der Waals surface area contributed by atoms with Gasteiger partial charge in [0.25, 0.3) is 0 Å². The third kappa shape index (κ3) is 7.69. The van der Waals surface area contributed by atoms with E-state index in [1.807, 2.05) is 13.8 Å². The van der Waals surface area contributed by atoms with Crippen molar-refractivity contribution in [2.75, 3.05) is 29.9 Å². The van der Waals surface area contributed by atoms with Crippen LogP contribution in [0.4, 0.5) is 21.2 Å². The van der Waals surface area contributed by atoms with Crippen LogP contribution in [0.25, 0.3) is 11.3 Å². The molecule has 0 unspecified atom stereocenters. The predicted octanol–water partition coefficient (Wildman–Crippen LogP) is 5.47. The summed E-state index contributed by atoms with van der Waals surface area (Å²) < 4.78 is 33.0. The molecule has 0 spiro atoms. The largest absolute Gasteiger partial charge is 0.444 e. The summed E-state index contributed by atoms with van der Waals surface area (Å²) in [6.45, 7) is 12.9. The molecular formula is C33H46N8O5. The molecule has 1 aliphatic rings. The number of aliphatic hydroxyl groups excluding tert-OH is 1. The number of carbonyl (C=O) groups is 2. The number of aliphatic hydroxyl groups is 1. The molecule has 4 aromatic heterocycles. The molecule has 0 radical (unpaired) electrons. The van der Waals surface area contributed by atoms with Gasteiger partial charge in [0, 0.05) is 43.0 Å². The average molecular weight is 637 g/mol. The topological polar surface area (TPSA) is 139 Å². The fourth-order valence-corrected chi connectivity index (χ4v) is 5.17. The molecule has 1 aliphatic heterocycles. The van der Waals surface area contributed by atoms with Gasteiger partial charge in [-0.25, -0.2) is 19.6 Å². The van der Waals surface area contributed by atoms with Gasteiger partial charge in [-0.3, -0.25) is 4.90 Å². The lowest BCUT2D eigenvalue weighted by molar-refractivity contribution is -0.0104. The van der Waals surface area contributed by atoms with Gasteiger partial charge in [0.1, 0.15) is 28.5 Å². The second kappa shape index (κ2) is 12.8. The first kappa shape index (κ1) is 30.3. The zero-order valence-corrected chi connectivity index (χ0v) is 27.8. The molecule has 2 amide bonds. The molecule has 248 valence electrons. The van der Waals surface area contributed by atoms with Crippen LogP contribution in [-0.4, -0.2) is 83.1 Å². The van der Waals surface area contributed by atoms with E-state index in [1.54, 1.807) is 82.6 Å². The van der Waals surface area contributed by atoms with Gasteiger partial charge in [0.2, 0.25) is 0 Å². The van der Waals surface area contributed by atoms with Gasteiger partial charge in [-0.1, -0.05) is 19.9 Å². The number of likely N-dealkylation sites (tertiary alicyclic amines) is 1. The number of imidazole rings is 1. The monoisotopic (exact) mass is 636 g/mol. The van der Waals surface area contributed by atoms with Crippen LogP contribution in [0.1, 0.15) is 81.7 Å². The Morgan fingerprint density at radius 2 is 1.89 bits per heavy atom. The van der Waals surface area contributed by atoms with E-state index in [2.05, 4.69) is 15.4 Å². The summed E-state index contributed by atoms with van der Waals surface area (Å²) in [5.41, 5.74) is 0.164. The number of rotatable bonds is 7. The zero-order valence-electron chi connectivity index (χ0n) is 29.8. The minimum Gasteiger partial charge on any atom is -0.444 e. The van der Waals surface area contributed by atoms with Gasteiger partial charge in [0.15, 0.2) is 5.65 Å². The van der Waals surface area contributed by atoms with E-state index in [0.29, 0.717) is 36.6 Å². The molecule has 13 heteroatoms. The molecule has 0 aromatic carbocycles. The third-order valence-corrected chi connectivity index (χ3v) is 7.42. The molecule has 5 heterocycles. The van der Waals surface area contributed by atoms with E-state index in [9.17, 15) is 17.4 Å². The van der Waals surface area contributed by atoms with Crippen molar-refractivity contribution in [2.24, 2.45) is 5.92 Å². The molecule has 2 N–H and O–H groups in total. The molecular weight excluding hydrogens is 588 g/mol. The SMILES string of the molecule is [2H]C([2H])(c1cn2ccccc2n1)N(C(=O)OC(C)(C)C)c1cc(NC[C@H]2CCN(C(=O)OC(C)(C)C)C[C@@H]2O)nc2c(C(C)C)cnn12. The highest BCUT2D eigenvalue weighted by Gasteiger charge is 2.33. The minimum atomic E-state index is -2.49. The first-order valence-electron chi connectivity index (χ1n) is 16.6. The number of aromatic nitrogens is 5. The average Bonchev–Trinajstić information content (AvgIpc) is 3.60. The van der Waals surface area contributed by atoms with Gasteiger partial charge < -0.3 is 29.2 Å². The highest BCUT2D eigenvalue weighted by Crippen LogP contribution is 2.29. The van der Waals surface area contributed by atoms with Gasteiger partial charge >= 0.3 is 12.2 Å². The summed E-state index contributed by atoms with van der Waals surface area (Å²) in [4.78, 5) is 38.3. The molecule has 5 rings (SSSR count). The molecule has 1 saturated heterocycles. The number of pyridine rings is 1. The third-order valence-electron chi connectivity index (χ3n) is 7.42. The van der Waals surface area contributed by atoms with Crippen molar-refractivity contribution in [3.8, 4) is 0 Å². The molecule has 1 fully saturated rings. The fourth-order valence-electron chi connectivity index (χ4n) is 5.17. The maximum Gasteiger partial charge on any atom is 0.416 e. The number of piperidine rings is 1. The number of hydrogen-bond donors (Lipinski definition) is 2. The minimum absolute atomic E-state index is 0.00450. The lowest BCUT2D eigenvalue weighted by Crippen LogP contribution is -2.49. The lowest BCUT2D eigenvalue weighted by Gasteiger charge is -2.36. The van der Waals surface area contributed by atoms with Gasteiger partial charge in [0.05, 0.1) is 33.8 Å². The summed E-state index contributed by atoms with van der Waals surface area (Å²) in [5, 5.41) is 18.8. The van der Waals surface area contributed by atoms with Crippen LogP contribution in [0.2, 0.25) is 0 Å². The van der Waals surface area contributed by atoms with E-state index in [0.717, 1.165) is 10.5 Å². The quantitative estimate of drug-likeness (QED) is 0.270. The Balaban J connectivity index is 1.51. The van der Waals surface area contributed by atoms with Crippen LogP contribution in [-0.2, 0) is 16.0 Å². The van der Waals surface area contributed by atoms with Crippen LogP contribution in [0.15, 0.2) is 42.9 Å². The van der Waals surface area contributed by atoms with E-state index < -0.39 is 36.0 Å². The van der Waals surface area contributed by atoms with Crippen molar-refractivity contribution in [1.29, 1.82) is 0 Å². The number of nitrogens with one attached hydrogen (secondary N) is 1. The van der Waals surface area contributed by atoms with E-state index in [1.165, 1.54) is 15.6 Å². The number of anilines is 2. The normalized spacial score (nSPS) is 18.4. The van der Waals surface area contributed by atoms with Crippen molar-refractivity contribution in [1.82, 2.24) is 28.9 Å². The summed E-state index contributed by atoms with van der Waals surface area (Å²) in [7, 11) is 0. The molecule has 13 nitrogen and oxygen atoms in total. The molecule has 0 aliphatic carbocycles. The second-order valence-corrected chi connectivity index (χ2v) is 13.9. The smallest absolute Gasteiger partial charge is 0.416 e. The van der Waals surface area contributed by atoms with Crippen LogP contribution in [0.3, 0.4) is 0 Å². The summed E-state index contributed by atoms with van der Waals surface area (Å²) in [6.07, 6.45) is 3.25. The molecule has 2 atom stereocenters. The summed E-state index contributed by atoms with van der Waals surface area (Å²) in [6, 6.07) is 6.90. The number of nitrogens with zero attached hydrogens (tertiary/aromatic N) is 7. The maximum atomic E-state index is 14.0. The first-order chi connectivity index (χ1) is 22.3. The van der Waals surface area contributed by atoms with Gasteiger partial charge in [-0.2, -0.15) is 9.61 Å². The lowest BCUT2D eigenvalue weighted by atomic mass is 9.94. The number of hydrogen-bond acceptors (Lipinski definition) is 9. The predicted molar refractivity (Wildman–Crippen MR) is 175 cm³/mol. The Labute approximate surface area is 272 Å². The van der Waals surface area contributed by atoms with E-state index >= 15 is 0 Å². The van der Waals surface area contributed by atoms with E-state index in [4.69, 9.17) is 14.5 Å². The molecule has 0 saturated carbocycles. The number of fused-ring (bicyclic) bond motifs is 2. The standard InChI is InChI=1S/C33H46N8O5/c1-21(2)24-17-35-41-28(40(31(44)46-33(6,7)8)19-23-18-38-13-10-9-11-27(38)36-23)15-26(37-29(24)41)34-16-22-12-14-39(20-25(22)42)30(43)45-32(3,4)5/h9-11,13,15,17-18,21-22,25,42H,12,14,16,19-20H2,1-8H3,(H,34,37)/t22-,25+/m1/s1/i19D2. The number of β-amino-alcohol motifs (C(OH)–C–C–N with tert-alkyl or cyclic N) is 1. The maximum absolute atomic E-state index is 14.0. The highest BCUT2D eigenvalue weighted by atomic mass is 16.6. The van der Waals surface area contributed by atoms with Crippen molar-refractivity contribution in [3.63, 3.8) is 0 Å². The van der Waals surface area contributed by atoms with Crippen molar-refractivity contribution in [3.05, 3.63) is 54.1 Å². The summed E-state index contributed by atoms with van der Waals surface area (Å²) in [5.74, 6) is 0.223. The van der Waals surface area contributed by atoms with E-state index in [-0.39, 0.29) is 29.9 Å². The Hall–Kier alpha value is -4.39. The van der Waals surface area contributed by atoms with Crippen molar-refractivity contribution in [2.45, 2.75) is 91.5 Å². The summed E-state index contributed by atoms with van der Waals surface area (Å²) >= 11 is 0. The number of carbonyl (C=O) groups excluding carboxylic acids is 2. The van der Waals surface area contributed by atoms with Crippen LogP contribution in [0, 0.1) is 5.92 Å². The molecule has 4 aromatic rings. The van der Waals surface area contributed by atoms with Gasteiger partial charge in [-0.05, 0) is 66.0 Å². The van der Waals surface area contributed by atoms with Crippen molar-refractivity contribution >= 4 is 35.1 Å². The van der Waals surface area contributed by atoms with Crippen molar-refractivity contribution < 1.29 is 26.9 Å². The Morgan fingerprint density at radius 1 is 1.15 bits per heavy atom. The van der Waals surface area contributed by atoms with Crippen LogP contribution >= 0.6 is 0 Å². The Kier molecular flexibility index (Phi) is 8.41. The molecule has 46 heavy (non-hydrogen) atoms. The number of amides is 2. The van der Waals surface area contributed by atoms with Crippen LogP contribution in [0.5, 0.6) is 0 Å². The first-order valence-corrected chi connectivity index (χ1v) is 15.6. The van der Waals surface area contributed by atoms with Crippen LogP contribution < -0.4 is 10.2 Å². The number of ether oxygens (including phenoxy) is 2. The Bertz CT molecular complexity index is 1760. The zero-order chi connectivity index (χ0) is 35.2.